The van der Waals surface area contributed by atoms with Crippen molar-refractivity contribution in [2.75, 3.05) is 13.1 Å². The van der Waals surface area contributed by atoms with Gasteiger partial charge >= 0.3 is 0 Å². The van der Waals surface area contributed by atoms with Gasteiger partial charge in [-0.05, 0) is 25.5 Å². The van der Waals surface area contributed by atoms with Crippen molar-refractivity contribution in [3.05, 3.63) is 38.9 Å². The number of carbonyl (C=O) groups excluding carboxylic acids is 1. The lowest BCUT2D eigenvalue weighted by molar-refractivity contribution is -0.385. The first-order valence-corrected chi connectivity index (χ1v) is 6.42. The molecule has 0 radical (unpaired) electrons. The van der Waals surface area contributed by atoms with Gasteiger partial charge in [0.1, 0.15) is 5.56 Å². The maximum absolute atomic E-state index is 12.1. The molecule has 1 aliphatic rings. The molecule has 1 aromatic rings. The van der Waals surface area contributed by atoms with E-state index in [2.05, 4.69) is 10.6 Å². The van der Waals surface area contributed by atoms with Crippen molar-refractivity contribution in [2.45, 2.75) is 18.9 Å². The van der Waals surface area contributed by atoms with E-state index < -0.39 is 10.8 Å². The van der Waals surface area contributed by atoms with Gasteiger partial charge in [0.2, 0.25) is 0 Å². The van der Waals surface area contributed by atoms with Crippen LogP contribution in [0.25, 0.3) is 0 Å². The van der Waals surface area contributed by atoms with Gasteiger partial charge in [-0.25, -0.2) is 0 Å². The molecule has 2 N–H and O–H groups in total. The number of piperidine rings is 1. The number of nitro benzene ring substituents is 1. The van der Waals surface area contributed by atoms with Crippen LogP contribution in [0.4, 0.5) is 5.69 Å². The van der Waals surface area contributed by atoms with Crippen LogP contribution in [-0.4, -0.2) is 30.0 Å². The van der Waals surface area contributed by atoms with E-state index in [-0.39, 0.29) is 22.3 Å². The van der Waals surface area contributed by atoms with Crippen LogP contribution in [0.3, 0.4) is 0 Å². The van der Waals surface area contributed by atoms with E-state index in [1.807, 2.05) is 0 Å². The molecule has 0 unspecified atom stereocenters. The van der Waals surface area contributed by atoms with Gasteiger partial charge < -0.3 is 10.6 Å². The SMILES string of the molecule is O=C(N[C@H]1CCCNC1)c1c(Cl)cccc1[N+](=O)[O-]. The van der Waals surface area contributed by atoms with Crippen LogP contribution in [0.2, 0.25) is 5.02 Å². The van der Waals surface area contributed by atoms with Crippen molar-refractivity contribution in [3.8, 4) is 0 Å². The molecule has 1 amide bonds. The maximum Gasteiger partial charge on any atom is 0.283 e. The summed E-state index contributed by atoms with van der Waals surface area (Å²) in [5, 5.41) is 17.0. The number of benzene rings is 1. The average molecular weight is 284 g/mol. The Morgan fingerprint density at radius 3 is 2.95 bits per heavy atom. The minimum Gasteiger partial charge on any atom is -0.348 e. The Labute approximate surface area is 115 Å². The molecule has 6 nitrogen and oxygen atoms in total. The fraction of sp³-hybridized carbons (Fsp3) is 0.417. The van der Waals surface area contributed by atoms with Crippen LogP contribution in [-0.2, 0) is 0 Å². The fourth-order valence-corrected chi connectivity index (χ4v) is 2.38. The van der Waals surface area contributed by atoms with E-state index in [4.69, 9.17) is 11.6 Å². The highest BCUT2D eigenvalue weighted by atomic mass is 35.5. The van der Waals surface area contributed by atoms with Crippen molar-refractivity contribution in [1.82, 2.24) is 10.6 Å². The Morgan fingerprint density at radius 2 is 2.32 bits per heavy atom. The number of nitrogens with zero attached hydrogens (tertiary/aromatic N) is 1. The van der Waals surface area contributed by atoms with Gasteiger partial charge in [0, 0.05) is 18.7 Å². The molecular weight excluding hydrogens is 270 g/mol. The summed E-state index contributed by atoms with van der Waals surface area (Å²) in [4.78, 5) is 22.5. The third-order valence-corrected chi connectivity index (χ3v) is 3.36. The average Bonchev–Trinajstić information content (AvgIpc) is 2.39. The predicted octanol–water partition coefficient (Wildman–Crippen LogP) is 1.73. The van der Waals surface area contributed by atoms with Crippen LogP contribution in [0, 0.1) is 10.1 Å². The van der Waals surface area contributed by atoms with Gasteiger partial charge in [-0.2, -0.15) is 0 Å². The Morgan fingerprint density at radius 1 is 1.53 bits per heavy atom. The first-order valence-electron chi connectivity index (χ1n) is 6.04. The molecule has 2 rings (SSSR count). The second-order valence-corrected chi connectivity index (χ2v) is 4.82. The number of rotatable bonds is 3. The highest BCUT2D eigenvalue weighted by Crippen LogP contribution is 2.26. The largest absolute Gasteiger partial charge is 0.348 e. The van der Waals surface area contributed by atoms with E-state index in [9.17, 15) is 14.9 Å². The van der Waals surface area contributed by atoms with Crippen LogP contribution in [0.5, 0.6) is 0 Å². The summed E-state index contributed by atoms with van der Waals surface area (Å²) < 4.78 is 0. The zero-order valence-corrected chi connectivity index (χ0v) is 10.9. The number of hydrogen-bond donors (Lipinski definition) is 2. The van der Waals surface area contributed by atoms with E-state index in [1.165, 1.54) is 18.2 Å². The summed E-state index contributed by atoms with van der Waals surface area (Å²) in [5.41, 5.74) is -0.339. The molecule has 0 bridgehead atoms. The van der Waals surface area contributed by atoms with Gasteiger partial charge in [-0.15, -0.1) is 0 Å². The van der Waals surface area contributed by atoms with E-state index in [1.54, 1.807) is 0 Å². The first-order chi connectivity index (χ1) is 9.09. The van der Waals surface area contributed by atoms with Gasteiger partial charge in [0.25, 0.3) is 11.6 Å². The van der Waals surface area contributed by atoms with Crippen molar-refractivity contribution in [2.24, 2.45) is 0 Å². The molecule has 1 atom stereocenters. The Hall–Kier alpha value is -1.66. The zero-order valence-electron chi connectivity index (χ0n) is 10.2. The lowest BCUT2D eigenvalue weighted by atomic mass is 10.1. The molecule has 19 heavy (non-hydrogen) atoms. The zero-order chi connectivity index (χ0) is 13.8. The number of hydrogen-bond acceptors (Lipinski definition) is 4. The monoisotopic (exact) mass is 283 g/mol. The van der Waals surface area contributed by atoms with Crippen molar-refractivity contribution in [1.29, 1.82) is 0 Å². The van der Waals surface area contributed by atoms with Crippen molar-refractivity contribution < 1.29 is 9.72 Å². The van der Waals surface area contributed by atoms with E-state index in [0.29, 0.717) is 6.54 Å². The van der Waals surface area contributed by atoms with Gasteiger partial charge in [0.15, 0.2) is 0 Å². The van der Waals surface area contributed by atoms with Gasteiger partial charge in [0.05, 0.1) is 9.95 Å². The molecule has 102 valence electrons. The highest BCUT2D eigenvalue weighted by molar-refractivity contribution is 6.34. The Balaban J connectivity index is 2.20. The molecule has 0 saturated carbocycles. The minimum atomic E-state index is -0.597. The molecule has 1 aliphatic heterocycles. The number of halogens is 1. The quantitative estimate of drug-likeness (QED) is 0.653. The van der Waals surface area contributed by atoms with Crippen LogP contribution in [0.1, 0.15) is 23.2 Å². The Kier molecular flexibility index (Phi) is 4.34. The molecular formula is C12H14ClN3O3. The number of carbonyl (C=O) groups is 1. The lowest BCUT2D eigenvalue weighted by Crippen LogP contribution is -2.45. The molecule has 0 spiro atoms. The molecule has 1 heterocycles. The highest BCUT2D eigenvalue weighted by Gasteiger charge is 2.25. The molecule has 7 heteroatoms. The summed E-state index contributed by atoms with van der Waals surface area (Å²) in [6.45, 7) is 1.60. The summed E-state index contributed by atoms with van der Waals surface area (Å²) in [7, 11) is 0. The summed E-state index contributed by atoms with van der Waals surface area (Å²) in [6, 6.07) is 4.19. The van der Waals surface area contributed by atoms with Crippen molar-refractivity contribution in [3.63, 3.8) is 0 Å². The third-order valence-electron chi connectivity index (χ3n) is 3.05. The third kappa shape index (κ3) is 3.21. The fourth-order valence-electron chi connectivity index (χ4n) is 2.12. The van der Waals surface area contributed by atoms with Crippen LogP contribution < -0.4 is 10.6 Å². The Bertz CT molecular complexity index is 501. The van der Waals surface area contributed by atoms with Crippen molar-refractivity contribution >= 4 is 23.2 Å². The molecule has 1 aromatic carbocycles. The summed E-state index contributed by atoms with van der Waals surface area (Å²) in [5.74, 6) is -0.494. The summed E-state index contributed by atoms with van der Waals surface area (Å²) >= 11 is 5.91. The van der Waals surface area contributed by atoms with E-state index in [0.717, 1.165) is 19.4 Å². The molecule has 1 saturated heterocycles. The maximum atomic E-state index is 12.1. The first kappa shape index (κ1) is 13.8. The lowest BCUT2D eigenvalue weighted by Gasteiger charge is -2.23. The normalized spacial score (nSPS) is 18.9. The number of amides is 1. The smallest absolute Gasteiger partial charge is 0.283 e. The standard InChI is InChI=1S/C12H14ClN3O3/c13-9-4-1-5-10(16(18)19)11(9)12(17)15-8-3-2-6-14-7-8/h1,4-5,8,14H,2-3,6-7H2,(H,15,17)/t8-/m0/s1. The summed E-state index contributed by atoms with van der Waals surface area (Å²) in [6.07, 6.45) is 1.83. The predicted molar refractivity (Wildman–Crippen MR) is 71.5 cm³/mol. The topological polar surface area (TPSA) is 84.3 Å². The minimum absolute atomic E-state index is 0.0165. The van der Waals surface area contributed by atoms with Crippen LogP contribution >= 0.6 is 11.6 Å². The molecule has 0 aliphatic carbocycles. The molecule has 0 aromatic heterocycles. The van der Waals surface area contributed by atoms with E-state index >= 15 is 0 Å². The number of nitro groups is 1. The van der Waals surface area contributed by atoms with Crippen LogP contribution in [0.15, 0.2) is 18.2 Å². The second kappa shape index (κ2) is 5.99. The van der Waals surface area contributed by atoms with Gasteiger partial charge in [-0.3, -0.25) is 14.9 Å². The van der Waals surface area contributed by atoms with Gasteiger partial charge in [-0.1, -0.05) is 17.7 Å². The molecule has 1 fully saturated rings. The second-order valence-electron chi connectivity index (χ2n) is 4.41. The number of nitrogens with one attached hydrogen (secondary N) is 2.